The fourth-order valence-corrected chi connectivity index (χ4v) is 0.844. The highest BCUT2D eigenvalue weighted by molar-refractivity contribution is 4.81. The number of rotatable bonds is 6. The number of nitrogens with two attached hydrogens (primary N) is 1. The zero-order chi connectivity index (χ0) is 7.66. The van der Waals surface area contributed by atoms with Crippen LogP contribution in [0.2, 0.25) is 0 Å². The van der Waals surface area contributed by atoms with Crippen LogP contribution in [-0.4, -0.2) is 6.54 Å². The van der Waals surface area contributed by atoms with Gasteiger partial charge >= 0.3 is 0 Å². The summed E-state index contributed by atoms with van der Waals surface area (Å²) in [6, 6.07) is 0. The summed E-state index contributed by atoms with van der Waals surface area (Å²) in [5, 5.41) is 0. The van der Waals surface area contributed by atoms with Gasteiger partial charge in [0.1, 0.15) is 0 Å². The van der Waals surface area contributed by atoms with Gasteiger partial charge in [0.05, 0.1) is 0 Å². The highest BCUT2D eigenvalue weighted by Gasteiger charge is 1.80. The molecule has 2 N–H and O–H groups in total. The quantitative estimate of drug-likeness (QED) is 0.446. The van der Waals surface area contributed by atoms with Crippen LogP contribution in [0.15, 0.2) is 12.2 Å². The van der Waals surface area contributed by atoms with Crippen LogP contribution in [-0.2, 0) is 0 Å². The Morgan fingerprint density at radius 1 is 1.10 bits per heavy atom. The first-order chi connectivity index (χ1) is 4.91. The molecule has 1 nitrogen and oxygen atoms in total. The van der Waals surface area contributed by atoms with Gasteiger partial charge in [0.2, 0.25) is 0 Å². The van der Waals surface area contributed by atoms with Crippen molar-refractivity contribution in [2.45, 2.75) is 39.0 Å². The van der Waals surface area contributed by atoms with Crippen LogP contribution in [0, 0.1) is 0 Å². The van der Waals surface area contributed by atoms with Gasteiger partial charge in [-0.05, 0) is 25.8 Å². The third-order valence-electron chi connectivity index (χ3n) is 1.47. The Morgan fingerprint density at radius 2 is 1.80 bits per heavy atom. The maximum Gasteiger partial charge on any atom is -0.00426 e. The van der Waals surface area contributed by atoms with Crippen molar-refractivity contribution in [3.05, 3.63) is 12.2 Å². The van der Waals surface area contributed by atoms with Gasteiger partial charge in [-0.3, -0.25) is 0 Å². The first kappa shape index (κ1) is 9.70. The second-order valence-electron chi connectivity index (χ2n) is 2.54. The first-order valence-electron chi connectivity index (χ1n) is 4.27. The highest BCUT2D eigenvalue weighted by atomic mass is 14.5. The molecule has 0 bridgehead atoms. The van der Waals surface area contributed by atoms with Gasteiger partial charge in [-0.2, -0.15) is 0 Å². The molecule has 0 aliphatic carbocycles. The summed E-state index contributed by atoms with van der Waals surface area (Å²) < 4.78 is 0. The highest BCUT2D eigenvalue weighted by Crippen LogP contribution is 1.99. The van der Waals surface area contributed by atoms with Crippen molar-refractivity contribution in [2.75, 3.05) is 6.54 Å². The largest absolute Gasteiger partial charge is 0.330 e. The third kappa shape index (κ3) is 7.70. The minimum atomic E-state index is 0.782. The summed E-state index contributed by atoms with van der Waals surface area (Å²) in [6.45, 7) is 3.01. The van der Waals surface area contributed by atoms with Crippen LogP contribution in [0.4, 0.5) is 0 Å². The summed E-state index contributed by atoms with van der Waals surface area (Å²) in [5.74, 6) is 0. The van der Waals surface area contributed by atoms with Crippen molar-refractivity contribution in [3.8, 4) is 0 Å². The average molecular weight is 141 g/mol. The van der Waals surface area contributed by atoms with Crippen molar-refractivity contribution in [1.82, 2.24) is 0 Å². The lowest BCUT2D eigenvalue weighted by Crippen LogP contribution is -1.94. The summed E-state index contributed by atoms with van der Waals surface area (Å²) in [6.07, 6.45) is 10.7. The molecular weight excluding hydrogens is 122 g/mol. The van der Waals surface area contributed by atoms with E-state index in [1.54, 1.807) is 0 Å². The zero-order valence-corrected chi connectivity index (χ0v) is 6.97. The van der Waals surface area contributed by atoms with Gasteiger partial charge in [0.25, 0.3) is 0 Å². The molecule has 0 radical (unpaired) electrons. The molecular formula is C9H19N. The Kier molecular flexibility index (Phi) is 8.44. The lowest BCUT2D eigenvalue weighted by molar-refractivity contribution is 0.728. The molecule has 0 saturated heterocycles. The molecule has 0 aliphatic rings. The van der Waals surface area contributed by atoms with E-state index in [0.717, 1.165) is 13.0 Å². The standard InChI is InChI=1S/C9H19N/c1-2-3-4-5-6-7-8-9-10/h6-7H,2-5,8-10H2,1H3. The summed E-state index contributed by atoms with van der Waals surface area (Å²) in [5.41, 5.74) is 5.32. The van der Waals surface area contributed by atoms with E-state index in [1.807, 2.05) is 0 Å². The molecule has 0 heterocycles. The molecule has 0 amide bonds. The number of hydrogen-bond donors (Lipinski definition) is 1. The SMILES string of the molecule is CCCCCC=CCCN. The van der Waals surface area contributed by atoms with Crippen LogP contribution in [0.3, 0.4) is 0 Å². The molecule has 60 valence electrons. The zero-order valence-electron chi connectivity index (χ0n) is 6.97. The van der Waals surface area contributed by atoms with Crippen LogP contribution in [0.1, 0.15) is 39.0 Å². The second-order valence-corrected chi connectivity index (χ2v) is 2.54. The van der Waals surface area contributed by atoms with Gasteiger partial charge in [-0.15, -0.1) is 0 Å². The maximum atomic E-state index is 5.32. The van der Waals surface area contributed by atoms with E-state index in [9.17, 15) is 0 Å². The molecule has 0 spiro atoms. The van der Waals surface area contributed by atoms with Crippen molar-refractivity contribution < 1.29 is 0 Å². The minimum Gasteiger partial charge on any atom is -0.330 e. The van der Waals surface area contributed by atoms with Crippen molar-refractivity contribution in [3.63, 3.8) is 0 Å². The topological polar surface area (TPSA) is 26.0 Å². The van der Waals surface area contributed by atoms with Crippen LogP contribution in [0.5, 0.6) is 0 Å². The fourth-order valence-electron chi connectivity index (χ4n) is 0.844. The summed E-state index contributed by atoms with van der Waals surface area (Å²) in [7, 11) is 0. The molecule has 0 rings (SSSR count). The Hall–Kier alpha value is -0.300. The molecule has 0 atom stereocenters. The fraction of sp³-hybridized carbons (Fsp3) is 0.778. The second kappa shape index (κ2) is 8.70. The van der Waals surface area contributed by atoms with E-state index in [-0.39, 0.29) is 0 Å². The number of hydrogen-bond acceptors (Lipinski definition) is 1. The monoisotopic (exact) mass is 141 g/mol. The number of unbranched alkanes of at least 4 members (excludes halogenated alkanes) is 3. The predicted octanol–water partition coefficient (Wildman–Crippen LogP) is 2.47. The maximum absolute atomic E-state index is 5.32. The predicted molar refractivity (Wildman–Crippen MR) is 47.0 cm³/mol. The summed E-state index contributed by atoms with van der Waals surface area (Å²) >= 11 is 0. The van der Waals surface area contributed by atoms with Gasteiger partial charge in [-0.25, -0.2) is 0 Å². The van der Waals surface area contributed by atoms with Crippen LogP contribution >= 0.6 is 0 Å². The van der Waals surface area contributed by atoms with E-state index in [2.05, 4.69) is 19.1 Å². The van der Waals surface area contributed by atoms with Crippen molar-refractivity contribution in [1.29, 1.82) is 0 Å². The van der Waals surface area contributed by atoms with E-state index >= 15 is 0 Å². The molecule has 0 aromatic rings. The number of allylic oxidation sites excluding steroid dienone is 1. The molecule has 0 saturated carbocycles. The van der Waals surface area contributed by atoms with E-state index in [4.69, 9.17) is 5.73 Å². The molecule has 1 heteroatoms. The molecule has 0 unspecified atom stereocenters. The Bertz CT molecular complexity index is 76.8. The Morgan fingerprint density at radius 3 is 2.40 bits per heavy atom. The first-order valence-corrected chi connectivity index (χ1v) is 4.27. The van der Waals surface area contributed by atoms with Gasteiger partial charge < -0.3 is 5.73 Å². The van der Waals surface area contributed by atoms with Crippen molar-refractivity contribution >= 4 is 0 Å². The van der Waals surface area contributed by atoms with E-state index in [1.165, 1.54) is 25.7 Å². The molecule has 0 aromatic heterocycles. The average Bonchev–Trinajstić information content (AvgIpc) is 1.97. The Labute approximate surface area is 64.3 Å². The van der Waals surface area contributed by atoms with Crippen LogP contribution < -0.4 is 5.73 Å². The van der Waals surface area contributed by atoms with E-state index < -0.39 is 0 Å². The van der Waals surface area contributed by atoms with E-state index in [0.29, 0.717) is 0 Å². The van der Waals surface area contributed by atoms with Crippen molar-refractivity contribution in [2.24, 2.45) is 5.73 Å². The van der Waals surface area contributed by atoms with Gasteiger partial charge in [0, 0.05) is 0 Å². The lowest BCUT2D eigenvalue weighted by atomic mass is 10.2. The smallest absolute Gasteiger partial charge is 0.00426 e. The molecule has 0 aromatic carbocycles. The van der Waals surface area contributed by atoms with Gasteiger partial charge in [-0.1, -0.05) is 31.9 Å². The minimum absolute atomic E-state index is 0.782. The third-order valence-corrected chi connectivity index (χ3v) is 1.47. The van der Waals surface area contributed by atoms with Gasteiger partial charge in [0.15, 0.2) is 0 Å². The molecule has 10 heavy (non-hydrogen) atoms. The summed E-state index contributed by atoms with van der Waals surface area (Å²) in [4.78, 5) is 0. The molecule has 0 aliphatic heterocycles. The normalized spacial score (nSPS) is 11.0. The molecule has 0 fully saturated rings. The Balaban J connectivity index is 2.88. The van der Waals surface area contributed by atoms with Crippen LogP contribution in [0.25, 0.3) is 0 Å². The lowest BCUT2D eigenvalue weighted by Gasteiger charge is -1.90.